The third-order valence-electron chi connectivity index (χ3n) is 13.4. The summed E-state index contributed by atoms with van der Waals surface area (Å²) in [5.41, 5.74) is 5.16. The van der Waals surface area contributed by atoms with Crippen LogP contribution in [-0.4, -0.2) is 107 Å². The number of carbonyl (C=O) groups excluding carboxylic acids is 1. The molecule has 9 rings (SSSR count). The number of hydrogen-bond donors (Lipinski definition) is 3. The van der Waals surface area contributed by atoms with E-state index in [4.69, 9.17) is 25.8 Å². The van der Waals surface area contributed by atoms with E-state index >= 15 is 0 Å². The summed E-state index contributed by atoms with van der Waals surface area (Å²) < 4.78 is 75.9. The maximum atomic E-state index is 14.1. The van der Waals surface area contributed by atoms with Crippen molar-refractivity contribution >= 4 is 65.5 Å². The van der Waals surface area contributed by atoms with E-state index in [2.05, 4.69) is 55.2 Å². The lowest BCUT2D eigenvalue weighted by molar-refractivity contribution is -0.386. The summed E-state index contributed by atoms with van der Waals surface area (Å²) in [5.74, 6) is -1.13. The number of carbonyl (C=O) groups is 1. The van der Waals surface area contributed by atoms with Gasteiger partial charge in [-0.2, -0.15) is 0 Å². The first-order valence-corrected chi connectivity index (χ1v) is 26.2. The molecule has 3 N–H and O–H groups in total. The smallest absolute Gasteiger partial charge is 0.277 e. The van der Waals surface area contributed by atoms with Gasteiger partial charge in [0.25, 0.3) is 21.6 Å². The van der Waals surface area contributed by atoms with Crippen LogP contribution in [0.2, 0.25) is 5.02 Å². The van der Waals surface area contributed by atoms with E-state index in [9.17, 15) is 31.7 Å². The average Bonchev–Trinajstić information content (AvgIpc) is 3.80. The number of nitro groups is 1. The zero-order valence-electron chi connectivity index (χ0n) is 37.8. The Morgan fingerprint density at radius 3 is 2.53 bits per heavy atom. The SMILES string of the molecule is CC1(C)CCC(CN2CCN(c3ccc(C(=O)NS(=O)(=O)c4cc5c(c([N+](=O)[O-])c4)C[C@H](CNS(=O)(=O)C4CCOCC4)CO5)c(Oc4cnc5[nH]ccc5c4)c3)CC2)=C(c2ccc(Cl)cc2)C1. The van der Waals surface area contributed by atoms with Gasteiger partial charge in [0.15, 0.2) is 0 Å². The monoisotopic (exact) mass is 987 g/mol. The van der Waals surface area contributed by atoms with Crippen LogP contribution in [0.3, 0.4) is 0 Å². The normalized spacial score (nSPS) is 19.3. The average molecular weight is 989 g/mol. The summed E-state index contributed by atoms with van der Waals surface area (Å²) in [6.07, 6.45) is 7.16. The van der Waals surface area contributed by atoms with Gasteiger partial charge in [-0.15, -0.1) is 0 Å². The number of aromatic nitrogens is 2. The minimum Gasteiger partial charge on any atom is -0.493 e. The van der Waals surface area contributed by atoms with Crippen LogP contribution in [0.15, 0.2) is 89.6 Å². The van der Waals surface area contributed by atoms with E-state index in [-0.39, 0.29) is 47.6 Å². The van der Waals surface area contributed by atoms with Crippen LogP contribution in [0.1, 0.15) is 67.4 Å². The summed E-state index contributed by atoms with van der Waals surface area (Å²) in [6, 6.07) is 18.7. The third kappa shape index (κ3) is 10.7. The largest absolute Gasteiger partial charge is 0.493 e. The summed E-state index contributed by atoms with van der Waals surface area (Å²) in [5, 5.41) is 13.3. The fourth-order valence-corrected chi connectivity index (χ4v) is 12.1. The number of nitro benzene ring substituents is 1. The van der Waals surface area contributed by atoms with Gasteiger partial charge in [0.2, 0.25) is 10.0 Å². The van der Waals surface area contributed by atoms with E-state index in [1.54, 1.807) is 24.4 Å². The molecule has 5 heterocycles. The van der Waals surface area contributed by atoms with Crippen molar-refractivity contribution < 1.29 is 40.8 Å². The van der Waals surface area contributed by atoms with Crippen molar-refractivity contribution in [1.29, 1.82) is 0 Å². The van der Waals surface area contributed by atoms with Crippen molar-refractivity contribution in [1.82, 2.24) is 24.3 Å². The quantitative estimate of drug-likeness (QED) is 0.0728. The molecule has 1 amide bonds. The standard InChI is InChI=1S/C48H54ClN7O10S2/c1-48(2)13-9-34(42(26-48)32-3-5-35(49)6-4-32)29-54-15-17-55(18-16-54)36-7-8-40(45(23-36)66-37-22-33-10-14-50-46(33)51-28-37)47(57)53-68(62,63)39-24-43(56(58)59)41-21-31(30-65-44(41)25-39)27-52-67(60,61)38-11-19-64-20-12-38/h3-8,10,14,22-25,28,31,38,52H,9,11-13,15-21,26-27,29-30H2,1-2H3,(H,50,51)(H,53,57)/t31-/m1/s1. The lowest BCUT2D eigenvalue weighted by Crippen LogP contribution is -2.47. The Morgan fingerprint density at radius 1 is 1.01 bits per heavy atom. The number of aromatic amines is 1. The summed E-state index contributed by atoms with van der Waals surface area (Å²) in [7, 11) is -8.39. The molecule has 0 bridgehead atoms. The highest BCUT2D eigenvalue weighted by Crippen LogP contribution is 2.44. The molecule has 4 aliphatic rings. The molecular formula is C48H54ClN7O10S2. The predicted molar refractivity (Wildman–Crippen MR) is 258 cm³/mol. The van der Waals surface area contributed by atoms with Crippen molar-refractivity contribution in [3.63, 3.8) is 0 Å². The van der Waals surface area contributed by atoms with Gasteiger partial charge in [0.05, 0.1) is 39.0 Å². The van der Waals surface area contributed by atoms with E-state index in [1.807, 2.05) is 18.2 Å². The molecule has 0 unspecified atom stereocenters. The second kappa shape index (κ2) is 19.4. The molecule has 0 radical (unpaired) electrons. The van der Waals surface area contributed by atoms with Crippen molar-refractivity contribution in [3.05, 3.63) is 117 Å². The summed E-state index contributed by atoms with van der Waals surface area (Å²) in [4.78, 5) is 37.3. The van der Waals surface area contributed by atoms with Gasteiger partial charge >= 0.3 is 0 Å². The number of fused-ring (bicyclic) bond motifs is 2. The second-order valence-electron chi connectivity index (χ2n) is 18.8. The topological polar surface area (TPSA) is 215 Å². The molecular weight excluding hydrogens is 934 g/mol. The highest BCUT2D eigenvalue weighted by Gasteiger charge is 2.35. The van der Waals surface area contributed by atoms with E-state index in [0.29, 0.717) is 55.6 Å². The van der Waals surface area contributed by atoms with Crippen LogP contribution >= 0.6 is 11.6 Å². The number of benzene rings is 3. The summed E-state index contributed by atoms with van der Waals surface area (Å²) in [6.45, 7) is 9.11. The molecule has 5 aromatic rings. The minimum atomic E-state index is -4.73. The zero-order valence-corrected chi connectivity index (χ0v) is 40.2. The van der Waals surface area contributed by atoms with Gasteiger partial charge in [-0.1, -0.05) is 43.2 Å². The maximum Gasteiger partial charge on any atom is 0.277 e. The first kappa shape index (κ1) is 47.5. The number of sulfonamides is 2. The van der Waals surface area contributed by atoms with E-state index in [1.165, 1.54) is 29.0 Å². The molecule has 2 aromatic heterocycles. The molecule has 68 heavy (non-hydrogen) atoms. The fourth-order valence-electron chi connectivity index (χ4n) is 9.50. The highest BCUT2D eigenvalue weighted by atomic mass is 35.5. The zero-order chi connectivity index (χ0) is 47.8. The highest BCUT2D eigenvalue weighted by molar-refractivity contribution is 7.90. The molecule has 2 fully saturated rings. The van der Waals surface area contributed by atoms with Crippen LogP contribution in [0.25, 0.3) is 16.6 Å². The van der Waals surface area contributed by atoms with Crippen molar-refractivity contribution in [3.8, 4) is 17.2 Å². The minimum absolute atomic E-state index is 0.0232. The first-order valence-electron chi connectivity index (χ1n) is 22.8. The number of anilines is 1. The first-order chi connectivity index (χ1) is 32.5. The van der Waals surface area contributed by atoms with Gasteiger partial charge in [-0.3, -0.25) is 19.8 Å². The van der Waals surface area contributed by atoms with Crippen LogP contribution < -0.4 is 23.8 Å². The molecule has 3 aliphatic heterocycles. The van der Waals surface area contributed by atoms with Crippen LogP contribution in [0.5, 0.6) is 17.2 Å². The molecule has 20 heteroatoms. The predicted octanol–water partition coefficient (Wildman–Crippen LogP) is 7.47. The molecule has 360 valence electrons. The number of ether oxygens (including phenoxy) is 3. The number of hydrogen-bond acceptors (Lipinski definition) is 13. The Bertz CT molecular complexity index is 2980. The molecule has 2 saturated heterocycles. The van der Waals surface area contributed by atoms with E-state index in [0.717, 1.165) is 62.1 Å². The van der Waals surface area contributed by atoms with E-state index < -0.39 is 52.6 Å². The molecule has 0 spiro atoms. The van der Waals surface area contributed by atoms with Gasteiger partial charge in [-0.25, -0.2) is 31.3 Å². The Balaban J connectivity index is 0.922. The Labute approximate surface area is 400 Å². The van der Waals surface area contributed by atoms with Crippen LogP contribution in [0, 0.1) is 21.4 Å². The molecule has 1 atom stereocenters. The molecule has 1 aliphatic carbocycles. The van der Waals surface area contributed by atoms with Crippen molar-refractivity contribution in [2.75, 3.05) is 64.0 Å². The van der Waals surface area contributed by atoms with Gasteiger partial charge in [-0.05, 0) is 91.5 Å². The van der Waals surface area contributed by atoms with Gasteiger partial charge < -0.3 is 24.1 Å². The van der Waals surface area contributed by atoms with Crippen LogP contribution in [0.4, 0.5) is 11.4 Å². The van der Waals surface area contributed by atoms with Crippen LogP contribution in [-0.2, 0) is 31.2 Å². The Hall–Kier alpha value is -5.57. The molecule has 0 saturated carbocycles. The molecule has 3 aromatic carbocycles. The number of piperazine rings is 1. The third-order valence-corrected chi connectivity index (χ3v) is 16.9. The fraction of sp³-hybridized carbons (Fsp3) is 0.417. The Morgan fingerprint density at radius 2 is 1.78 bits per heavy atom. The number of nitrogens with one attached hydrogen (secondary N) is 3. The van der Waals surface area contributed by atoms with Gasteiger partial charge in [0, 0.05) is 98.9 Å². The molecule has 17 nitrogen and oxygen atoms in total. The lowest BCUT2D eigenvalue weighted by Gasteiger charge is -2.39. The van der Waals surface area contributed by atoms with Crippen molar-refractivity contribution in [2.24, 2.45) is 11.3 Å². The number of allylic oxidation sites excluding steroid dienone is 1. The maximum absolute atomic E-state index is 14.1. The van der Waals surface area contributed by atoms with Gasteiger partial charge in [0.1, 0.15) is 22.9 Å². The van der Waals surface area contributed by atoms with Crippen molar-refractivity contribution in [2.45, 2.75) is 62.5 Å². The number of H-pyrrole nitrogens is 1. The number of rotatable bonds is 14. The number of halogens is 1. The lowest BCUT2D eigenvalue weighted by atomic mass is 9.72. The Kier molecular flexibility index (Phi) is 13.6. The number of pyridine rings is 1. The second-order valence-corrected chi connectivity index (χ2v) is 22.9. The number of nitrogens with zero attached hydrogens (tertiary/aromatic N) is 4. The summed E-state index contributed by atoms with van der Waals surface area (Å²) >= 11 is 6.25. The number of amides is 1.